The van der Waals surface area contributed by atoms with Crippen molar-refractivity contribution in [1.82, 2.24) is 10.2 Å². The van der Waals surface area contributed by atoms with E-state index in [2.05, 4.69) is 40.0 Å². The van der Waals surface area contributed by atoms with Gasteiger partial charge in [0, 0.05) is 12.1 Å². The molecule has 0 amide bonds. The number of hydrogen-bond donors (Lipinski definition) is 1. The van der Waals surface area contributed by atoms with E-state index in [1.54, 1.807) is 6.07 Å². The van der Waals surface area contributed by atoms with Crippen LogP contribution in [0.15, 0.2) is 34.8 Å². The van der Waals surface area contributed by atoms with E-state index in [0.29, 0.717) is 23.1 Å². The lowest BCUT2D eigenvalue weighted by atomic mass is 10.2. The lowest BCUT2D eigenvalue weighted by molar-refractivity contribution is 0.261. The molecule has 0 aliphatic rings. The zero-order valence-corrected chi connectivity index (χ0v) is 23.1. The highest BCUT2D eigenvalue weighted by molar-refractivity contribution is 9.10. The van der Waals surface area contributed by atoms with Crippen molar-refractivity contribution in [2.75, 3.05) is 32.8 Å². The second-order valence-corrected chi connectivity index (χ2v) is 9.70. The molecule has 2 aromatic rings. The van der Waals surface area contributed by atoms with E-state index in [1.165, 1.54) is 50.9 Å². The van der Waals surface area contributed by atoms with E-state index in [1.807, 2.05) is 19.1 Å². The van der Waals surface area contributed by atoms with Gasteiger partial charge in [-0.3, -0.25) is 0 Å². The summed E-state index contributed by atoms with van der Waals surface area (Å²) in [6.45, 7) is 12.5. The third-order valence-corrected chi connectivity index (χ3v) is 6.51. The minimum absolute atomic E-state index is 0.224. The summed E-state index contributed by atoms with van der Waals surface area (Å²) in [4.78, 5) is 2.60. The van der Waals surface area contributed by atoms with Crippen LogP contribution in [-0.2, 0) is 13.2 Å². The maximum absolute atomic E-state index is 13.3. The molecule has 0 aromatic heterocycles. The Morgan fingerprint density at radius 3 is 2.32 bits per heavy atom. The number of unbranched alkanes of at least 4 members (excludes halogenated alkanes) is 2. The summed E-state index contributed by atoms with van der Waals surface area (Å²) in [6.07, 6.45) is 6.16. The monoisotopic (exact) mass is 556 g/mol. The van der Waals surface area contributed by atoms with Crippen LogP contribution in [0.1, 0.15) is 64.0 Å². The average molecular weight is 558 g/mol. The molecular weight excluding hydrogens is 519 g/mol. The highest BCUT2D eigenvalue weighted by atomic mass is 79.9. The van der Waals surface area contributed by atoms with Gasteiger partial charge in [0.2, 0.25) is 0 Å². The highest BCUT2D eigenvalue weighted by Crippen LogP contribution is 2.38. The smallest absolute Gasteiger partial charge is 0.175 e. The molecule has 0 bridgehead atoms. The van der Waals surface area contributed by atoms with Gasteiger partial charge in [-0.1, -0.05) is 44.4 Å². The summed E-state index contributed by atoms with van der Waals surface area (Å²) in [7, 11) is 0. The zero-order chi connectivity index (χ0) is 24.8. The molecule has 0 saturated heterocycles. The molecule has 1 N–H and O–H groups in total. The molecule has 0 radical (unpaired) electrons. The Kier molecular flexibility index (Phi) is 13.9. The summed E-state index contributed by atoms with van der Waals surface area (Å²) in [5, 5.41) is 3.90. The van der Waals surface area contributed by atoms with Gasteiger partial charge >= 0.3 is 0 Å². The third kappa shape index (κ3) is 10.1. The maximum Gasteiger partial charge on any atom is 0.175 e. The van der Waals surface area contributed by atoms with Crippen LogP contribution in [0.3, 0.4) is 0 Å². The number of ether oxygens (including phenoxy) is 2. The normalized spacial score (nSPS) is 11.3. The minimum atomic E-state index is -0.364. The van der Waals surface area contributed by atoms with Crippen LogP contribution in [-0.4, -0.2) is 37.7 Å². The van der Waals surface area contributed by atoms with E-state index in [-0.39, 0.29) is 12.4 Å². The molecule has 2 rings (SSSR count). The van der Waals surface area contributed by atoms with Crippen LogP contribution in [0, 0.1) is 5.82 Å². The fraction of sp³-hybridized carbons (Fsp3) is 0.556. The van der Waals surface area contributed by atoms with E-state index in [4.69, 9.17) is 21.1 Å². The summed E-state index contributed by atoms with van der Waals surface area (Å²) >= 11 is 9.77. The molecule has 0 spiro atoms. The first-order chi connectivity index (χ1) is 16.5. The van der Waals surface area contributed by atoms with Gasteiger partial charge in [-0.15, -0.1) is 0 Å². The first-order valence-corrected chi connectivity index (χ1v) is 13.6. The quantitative estimate of drug-likeness (QED) is 0.203. The third-order valence-electron chi connectivity index (χ3n) is 5.57. The second kappa shape index (κ2) is 16.4. The van der Waals surface area contributed by atoms with Gasteiger partial charge in [-0.2, -0.15) is 0 Å². The summed E-state index contributed by atoms with van der Waals surface area (Å²) in [6, 6.07) is 8.37. The minimum Gasteiger partial charge on any atom is -0.490 e. The first-order valence-electron chi connectivity index (χ1n) is 12.4. The van der Waals surface area contributed by atoms with E-state index in [9.17, 15) is 4.39 Å². The molecule has 0 aliphatic carbocycles. The van der Waals surface area contributed by atoms with Crippen molar-refractivity contribution in [2.24, 2.45) is 0 Å². The fourth-order valence-electron chi connectivity index (χ4n) is 3.67. The van der Waals surface area contributed by atoms with Crippen molar-refractivity contribution in [3.05, 3.63) is 56.8 Å². The zero-order valence-electron chi connectivity index (χ0n) is 20.8. The fourth-order valence-corrected chi connectivity index (χ4v) is 4.50. The topological polar surface area (TPSA) is 33.7 Å². The molecule has 0 atom stereocenters. The van der Waals surface area contributed by atoms with Gasteiger partial charge in [0.1, 0.15) is 12.4 Å². The van der Waals surface area contributed by atoms with Gasteiger partial charge in [0.15, 0.2) is 11.5 Å². The standard InChI is InChI=1S/C27H39BrClFN2O2/c1-4-7-13-32(14-8-5-2)15-9-12-31-19-21-16-24(28)27(26(17-21)33-6-3)34-20-22-10-11-23(30)18-25(22)29/h10-11,16-18,31H,4-9,12-15,19-20H2,1-3H3. The Balaban J connectivity index is 1.91. The Labute approximate surface area is 218 Å². The number of hydrogen-bond acceptors (Lipinski definition) is 4. The molecule has 0 heterocycles. The predicted octanol–water partition coefficient (Wildman–Crippen LogP) is 7.60. The van der Waals surface area contributed by atoms with Crippen molar-refractivity contribution in [3.8, 4) is 11.5 Å². The van der Waals surface area contributed by atoms with Crippen LogP contribution in [0.5, 0.6) is 11.5 Å². The van der Waals surface area contributed by atoms with Crippen LogP contribution in [0.2, 0.25) is 5.02 Å². The molecule has 0 fully saturated rings. The Bertz CT molecular complexity index is 861. The predicted molar refractivity (Wildman–Crippen MR) is 144 cm³/mol. The van der Waals surface area contributed by atoms with Crippen LogP contribution in [0.4, 0.5) is 4.39 Å². The van der Waals surface area contributed by atoms with Crippen molar-refractivity contribution in [2.45, 2.75) is 66.0 Å². The number of nitrogens with zero attached hydrogens (tertiary/aromatic N) is 1. The number of nitrogens with one attached hydrogen (secondary N) is 1. The molecule has 0 saturated carbocycles. The largest absolute Gasteiger partial charge is 0.490 e. The average Bonchev–Trinajstić information content (AvgIpc) is 2.81. The lowest BCUT2D eigenvalue weighted by Gasteiger charge is -2.22. The van der Waals surface area contributed by atoms with Gasteiger partial charge in [0.05, 0.1) is 16.1 Å². The Morgan fingerprint density at radius 2 is 1.68 bits per heavy atom. The SMILES string of the molecule is CCCCN(CCCC)CCCNCc1cc(Br)c(OCc2ccc(F)cc2Cl)c(OCC)c1. The van der Waals surface area contributed by atoms with Gasteiger partial charge < -0.3 is 19.7 Å². The van der Waals surface area contributed by atoms with Gasteiger partial charge in [0.25, 0.3) is 0 Å². The van der Waals surface area contributed by atoms with Crippen LogP contribution >= 0.6 is 27.5 Å². The van der Waals surface area contributed by atoms with Crippen LogP contribution in [0.25, 0.3) is 0 Å². The molecule has 190 valence electrons. The Morgan fingerprint density at radius 1 is 0.971 bits per heavy atom. The number of rotatable bonds is 17. The molecule has 34 heavy (non-hydrogen) atoms. The highest BCUT2D eigenvalue weighted by Gasteiger charge is 2.14. The molecule has 0 unspecified atom stereocenters. The molecule has 7 heteroatoms. The summed E-state index contributed by atoms with van der Waals surface area (Å²) in [5.74, 6) is 0.933. The van der Waals surface area contributed by atoms with E-state index in [0.717, 1.165) is 41.7 Å². The van der Waals surface area contributed by atoms with Gasteiger partial charge in [-0.05, 0) is 98.1 Å². The van der Waals surface area contributed by atoms with Gasteiger partial charge in [-0.25, -0.2) is 4.39 Å². The van der Waals surface area contributed by atoms with Crippen molar-refractivity contribution in [3.63, 3.8) is 0 Å². The van der Waals surface area contributed by atoms with E-state index >= 15 is 0 Å². The van der Waals surface area contributed by atoms with Crippen molar-refractivity contribution < 1.29 is 13.9 Å². The van der Waals surface area contributed by atoms with Crippen molar-refractivity contribution >= 4 is 27.5 Å². The number of halogens is 3. The maximum atomic E-state index is 13.3. The van der Waals surface area contributed by atoms with Crippen LogP contribution < -0.4 is 14.8 Å². The lowest BCUT2D eigenvalue weighted by Crippen LogP contribution is -2.29. The summed E-state index contributed by atoms with van der Waals surface area (Å²) in [5.41, 5.74) is 1.84. The molecular formula is C27H39BrClFN2O2. The van der Waals surface area contributed by atoms with Crippen molar-refractivity contribution in [1.29, 1.82) is 0 Å². The second-order valence-electron chi connectivity index (χ2n) is 8.44. The molecule has 4 nitrogen and oxygen atoms in total. The Hall–Kier alpha value is -1.34. The number of benzene rings is 2. The molecule has 2 aromatic carbocycles. The van der Waals surface area contributed by atoms with E-state index < -0.39 is 0 Å². The first kappa shape index (κ1) is 28.9. The molecule has 0 aliphatic heterocycles. The summed E-state index contributed by atoms with van der Waals surface area (Å²) < 4.78 is 26.0.